The molecule has 1 aromatic rings. The molecule has 114 valence electrons. The molecule has 0 saturated carbocycles. The molecular formula is C14H14ClN5O2. The van der Waals surface area contributed by atoms with Gasteiger partial charge in [0.25, 0.3) is 5.91 Å². The van der Waals surface area contributed by atoms with Crippen LogP contribution in [0, 0.1) is 5.41 Å². The average Bonchev–Trinajstić information content (AvgIpc) is 2.88. The zero-order valence-corrected chi connectivity index (χ0v) is 12.6. The van der Waals surface area contributed by atoms with Crippen molar-refractivity contribution >= 4 is 35.0 Å². The van der Waals surface area contributed by atoms with Crippen LogP contribution in [-0.2, 0) is 11.3 Å². The number of oxime groups is 1. The van der Waals surface area contributed by atoms with E-state index in [1.54, 1.807) is 17.0 Å². The zero-order chi connectivity index (χ0) is 15.9. The van der Waals surface area contributed by atoms with E-state index in [1.807, 2.05) is 19.1 Å². The van der Waals surface area contributed by atoms with Gasteiger partial charge in [-0.1, -0.05) is 28.9 Å². The van der Waals surface area contributed by atoms with Gasteiger partial charge in [-0.15, -0.1) is 0 Å². The molecule has 1 fully saturated rings. The maximum Gasteiger partial charge on any atom is 0.286 e. The van der Waals surface area contributed by atoms with Gasteiger partial charge in [-0.2, -0.15) is 0 Å². The van der Waals surface area contributed by atoms with Crippen LogP contribution in [0.3, 0.4) is 0 Å². The molecule has 0 radical (unpaired) electrons. The molecule has 0 spiro atoms. The lowest BCUT2D eigenvalue weighted by Gasteiger charge is -2.34. The summed E-state index contributed by atoms with van der Waals surface area (Å²) in [5.41, 5.74) is 0.630. The number of hydrogen-bond donors (Lipinski definition) is 2. The van der Waals surface area contributed by atoms with Gasteiger partial charge in [-0.25, -0.2) is 4.99 Å². The minimum Gasteiger partial charge on any atom is -0.410 e. The minimum absolute atomic E-state index is 0.0579. The maximum absolute atomic E-state index is 12.2. The fraction of sp³-hybridized carbons (Fsp3) is 0.286. The second-order valence-corrected chi connectivity index (χ2v) is 5.64. The van der Waals surface area contributed by atoms with Crippen LogP contribution in [0.2, 0.25) is 5.02 Å². The van der Waals surface area contributed by atoms with Crippen molar-refractivity contribution in [1.29, 1.82) is 5.41 Å². The molecule has 2 heterocycles. The lowest BCUT2D eigenvalue weighted by Crippen LogP contribution is -2.59. The highest BCUT2D eigenvalue weighted by molar-refractivity contribution is 6.69. The Kier molecular flexibility index (Phi) is 3.58. The quantitative estimate of drug-likeness (QED) is 0.640. The van der Waals surface area contributed by atoms with Gasteiger partial charge in [0.15, 0.2) is 5.84 Å². The molecule has 22 heavy (non-hydrogen) atoms. The number of halogens is 1. The fourth-order valence-electron chi connectivity index (χ4n) is 2.51. The predicted octanol–water partition coefficient (Wildman–Crippen LogP) is 1.55. The standard InChI is InChI=1S/C14H14ClN5O2/c1-8-6-20-13(21)11(18-22)12(16)19(14(20)17-8)7-9-2-4-10(15)5-3-9/h2-5,8,16,22H,6-7H2,1H3. The Morgan fingerprint density at radius 2 is 2.14 bits per heavy atom. The molecule has 2 aliphatic rings. The molecule has 1 aromatic carbocycles. The Morgan fingerprint density at radius 1 is 1.45 bits per heavy atom. The highest BCUT2D eigenvalue weighted by atomic mass is 35.5. The maximum atomic E-state index is 12.2. The Hall–Kier alpha value is -2.41. The third-order valence-corrected chi connectivity index (χ3v) is 3.81. The van der Waals surface area contributed by atoms with Crippen molar-refractivity contribution in [1.82, 2.24) is 9.80 Å². The summed E-state index contributed by atoms with van der Waals surface area (Å²) in [5.74, 6) is -0.237. The van der Waals surface area contributed by atoms with Gasteiger partial charge in [-0.3, -0.25) is 20.0 Å². The number of amidine groups is 1. The van der Waals surface area contributed by atoms with E-state index in [2.05, 4.69) is 10.1 Å². The van der Waals surface area contributed by atoms with Crippen LogP contribution < -0.4 is 0 Å². The summed E-state index contributed by atoms with van der Waals surface area (Å²) < 4.78 is 0. The van der Waals surface area contributed by atoms with Crippen molar-refractivity contribution in [3.05, 3.63) is 34.9 Å². The van der Waals surface area contributed by atoms with Crippen LogP contribution in [0.15, 0.2) is 34.4 Å². The molecule has 0 bridgehead atoms. The number of aliphatic imine (C=N–C) groups is 1. The topological polar surface area (TPSA) is 92.3 Å². The van der Waals surface area contributed by atoms with Crippen LogP contribution in [0.5, 0.6) is 0 Å². The van der Waals surface area contributed by atoms with E-state index in [1.165, 1.54) is 4.90 Å². The molecule has 1 amide bonds. The van der Waals surface area contributed by atoms with E-state index in [4.69, 9.17) is 22.2 Å². The Labute approximate surface area is 132 Å². The number of nitrogens with one attached hydrogen (secondary N) is 1. The molecule has 3 rings (SSSR count). The summed E-state index contributed by atoms with van der Waals surface area (Å²) >= 11 is 5.87. The van der Waals surface area contributed by atoms with E-state index in [-0.39, 0.29) is 17.6 Å². The first-order chi connectivity index (χ1) is 10.5. The summed E-state index contributed by atoms with van der Waals surface area (Å²) in [6.45, 7) is 2.64. The lowest BCUT2D eigenvalue weighted by atomic mass is 10.1. The molecule has 2 aliphatic heterocycles. The third kappa shape index (κ3) is 2.33. The summed E-state index contributed by atoms with van der Waals surface area (Å²) in [6, 6.07) is 7.13. The van der Waals surface area contributed by atoms with Gasteiger partial charge in [0.1, 0.15) is 0 Å². The number of carbonyl (C=O) groups excluding carboxylic acids is 1. The number of carbonyl (C=O) groups is 1. The zero-order valence-electron chi connectivity index (χ0n) is 11.8. The Balaban J connectivity index is 1.96. The molecule has 0 aliphatic carbocycles. The van der Waals surface area contributed by atoms with Gasteiger partial charge >= 0.3 is 0 Å². The smallest absolute Gasteiger partial charge is 0.286 e. The Morgan fingerprint density at radius 3 is 2.77 bits per heavy atom. The summed E-state index contributed by atoms with van der Waals surface area (Å²) in [4.78, 5) is 19.6. The van der Waals surface area contributed by atoms with Crippen LogP contribution in [0.25, 0.3) is 0 Å². The number of amides is 1. The van der Waals surface area contributed by atoms with Gasteiger partial charge < -0.3 is 5.21 Å². The second-order valence-electron chi connectivity index (χ2n) is 5.20. The van der Waals surface area contributed by atoms with Gasteiger partial charge in [-0.05, 0) is 24.6 Å². The molecule has 1 unspecified atom stereocenters. The molecule has 8 heteroatoms. The largest absolute Gasteiger partial charge is 0.410 e. The number of fused-ring (bicyclic) bond motifs is 1. The average molecular weight is 320 g/mol. The van der Waals surface area contributed by atoms with E-state index in [9.17, 15) is 4.79 Å². The van der Waals surface area contributed by atoms with Crippen molar-refractivity contribution in [3.8, 4) is 0 Å². The number of rotatable bonds is 2. The van der Waals surface area contributed by atoms with E-state index < -0.39 is 5.91 Å². The molecule has 0 aromatic heterocycles. The highest BCUT2D eigenvalue weighted by Crippen LogP contribution is 2.21. The summed E-state index contributed by atoms with van der Waals surface area (Å²) in [5, 5.41) is 20.8. The SMILES string of the molecule is CC1CN2C(=O)C(=NO)C(=N)N(Cc3ccc(Cl)cc3)C2=N1. The Bertz CT molecular complexity index is 698. The predicted molar refractivity (Wildman–Crippen MR) is 82.6 cm³/mol. The van der Waals surface area contributed by atoms with Crippen LogP contribution >= 0.6 is 11.6 Å². The van der Waals surface area contributed by atoms with Gasteiger partial charge in [0.05, 0.1) is 19.1 Å². The lowest BCUT2D eigenvalue weighted by molar-refractivity contribution is -0.120. The fourth-order valence-corrected chi connectivity index (χ4v) is 2.64. The molecule has 7 nitrogen and oxygen atoms in total. The van der Waals surface area contributed by atoms with Crippen LogP contribution in [-0.4, -0.2) is 51.0 Å². The first-order valence-electron chi connectivity index (χ1n) is 6.74. The van der Waals surface area contributed by atoms with Crippen molar-refractivity contribution in [3.63, 3.8) is 0 Å². The van der Waals surface area contributed by atoms with Crippen molar-refractivity contribution < 1.29 is 10.0 Å². The van der Waals surface area contributed by atoms with E-state index >= 15 is 0 Å². The number of hydrogen-bond acceptors (Lipinski definition) is 5. The monoisotopic (exact) mass is 319 g/mol. The molecule has 1 saturated heterocycles. The van der Waals surface area contributed by atoms with Gasteiger partial charge in [0, 0.05) is 5.02 Å². The van der Waals surface area contributed by atoms with Crippen molar-refractivity contribution in [2.75, 3.05) is 6.54 Å². The summed E-state index contributed by atoms with van der Waals surface area (Å²) in [6.07, 6.45) is 0. The number of benzene rings is 1. The second kappa shape index (κ2) is 5.42. The van der Waals surface area contributed by atoms with E-state index in [0.29, 0.717) is 24.1 Å². The molecule has 1 atom stereocenters. The van der Waals surface area contributed by atoms with Gasteiger partial charge in [0.2, 0.25) is 11.7 Å². The van der Waals surface area contributed by atoms with Crippen molar-refractivity contribution in [2.24, 2.45) is 10.1 Å². The first kappa shape index (κ1) is 14.5. The third-order valence-electron chi connectivity index (χ3n) is 3.56. The highest BCUT2D eigenvalue weighted by Gasteiger charge is 2.43. The van der Waals surface area contributed by atoms with Crippen molar-refractivity contribution in [2.45, 2.75) is 19.5 Å². The summed E-state index contributed by atoms with van der Waals surface area (Å²) in [7, 11) is 0. The molecular weight excluding hydrogens is 306 g/mol. The van der Waals surface area contributed by atoms with Crippen LogP contribution in [0.4, 0.5) is 0 Å². The first-order valence-corrected chi connectivity index (χ1v) is 7.11. The van der Waals surface area contributed by atoms with E-state index in [0.717, 1.165) is 5.56 Å². The number of nitrogens with zero attached hydrogens (tertiary/aromatic N) is 4. The van der Waals surface area contributed by atoms with Crippen LogP contribution in [0.1, 0.15) is 12.5 Å². The normalized spacial score (nSPS) is 23.1. The number of guanidine groups is 1. The minimum atomic E-state index is -0.497. The molecule has 2 N–H and O–H groups in total.